The fraction of sp³-hybridized carbons (Fsp3) is 0.667. The van der Waals surface area contributed by atoms with Crippen molar-refractivity contribution >= 4 is 11.6 Å². The molecule has 0 spiro atoms. The molecule has 2 fully saturated rings. The van der Waals surface area contributed by atoms with E-state index in [1.165, 1.54) is 6.42 Å². The molecule has 3 N–H and O–H groups in total. The highest BCUT2D eigenvalue weighted by molar-refractivity contribution is 6.30. The number of rotatable bonds is 4. The van der Waals surface area contributed by atoms with Crippen molar-refractivity contribution in [2.45, 2.75) is 50.8 Å². The number of hydrogen-bond donors (Lipinski definition) is 3. The quantitative estimate of drug-likeness (QED) is 0.790. The van der Waals surface area contributed by atoms with Gasteiger partial charge in [-0.25, -0.2) is 0 Å². The molecule has 4 nitrogen and oxygen atoms in total. The molecular formula is C18H28ClN3O. The van der Waals surface area contributed by atoms with Gasteiger partial charge < -0.3 is 10.0 Å². The van der Waals surface area contributed by atoms with Gasteiger partial charge in [0.1, 0.15) is 0 Å². The predicted molar refractivity (Wildman–Crippen MR) is 94.3 cm³/mol. The Kier molecular flexibility index (Phi) is 5.29. The summed E-state index contributed by atoms with van der Waals surface area (Å²) >= 11 is 5.95. The van der Waals surface area contributed by atoms with E-state index >= 15 is 0 Å². The van der Waals surface area contributed by atoms with E-state index in [4.69, 9.17) is 11.6 Å². The summed E-state index contributed by atoms with van der Waals surface area (Å²) in [5.74, 6) is 0.673. The molecule has 0 radical (unpaired) electrons. The highest BCUT2D eigenvalue weighted by atomic mass is 35.5. The van der Waals surface area contributed by atoms with E-state index in [9.17, 15) is 5.11 Å². The van der Waals surface area contributed by atoms with Gasteiger partial charge in [0.15, 0.2) is 0 Å². The van der Waals surface area contributed by atoms with Crippen LogP contribution in [0.1, 0.15) is 38.7 Å². The number of likely N-dealkylation sites (tertiary alicyclic amines) is 1. The van der Waals surface area contributed by atoms with Crippen LogP contribution in [0.2, 0.25) is 5.02 Å². The Morgan fingerprint density at radius 1 is 1.13 bits per heavy atom. The summed E-state index contributed by atoms with van der Waals surface area (Å²) in [7, 11) is 0. The number of halogens is 1. The first-order valence-corrected chi connectivity index (χ1v) is 9.07. The lowest BCUT2D eigenvalue weighted by molar-refractivity contribution is -0.0268. The number of hydrazine groups is 1. The summed E-state index contributed by atoms with van der Waals surface area (Å²) in [6.07, 6.45) is 2.78. The molecule has 0 bridgehead atoms. The molecule has 3 rings (SSSR count). The van der Waals surface area contributed by atoms with Crippen LogP contribution >= 0.6 is 11.6 Å². The van der Waals surface area contributed by atoms with Crippen molar-refractivity contribution in [3.05, 3.63) is 34.9 Å². The second kappa shape index (κ2) is 7.08. The first-order chi connectivity index (χ1) is 11.0. The fourth-order valence-electron chi connectivity index (χ4n) is 3.94. The van der Waals surface area contributed by atoms with Crippen molar-refractivity contribution in [1.29, 1.82) is 0 Å². The maximum atomic E-state index is 10.9. The van der Waals surface area contributed by atoms with E-state index in [1.807, 2.05) is 24.3 Å². The first-order valence-electron chi connectivity index (χ1n) is 8.70. The summed E-state index contributed by atoms with van der Waals surface area (Å²) in [4.78, 5) is 2.49. The Morgan fingerprint density at radius 3 is 2.26 bits per heavy atom. The maximum absolute atomic E-state index is 10.9. The highest BCUT2D eigenvalue weighted by Gasteiger charge is 2.35. The van der Waals surface area contributed by atoms with Crippen molar-refractivity contribution in [1.82, 2.24) is 15.8 Å². The molecule has 2 aliphatic rings. The first kappa shape index (κ1) is 17.2. The van der Waals surface area contributed by atoms with Crippen LogP contribution in [-0.2, 0) is 5.60 Å². The lowest BCUT2D eigenvalue weighted by atomic mass is 9.84. The lowest BCUT2D eigenvalue weighted by Gasteiger charge is -2.39. The van der Waals surface area contributed by atoms with Gasteiger partial charge in [0.25, 0.3) is 0 Å². The summed E-state index contributed by atoms with van der Waals surface area (Å²) in [5.41, 5.74) is 6.95. The Hall–Kier alpha value is -0.650. The fourth-order valence-corrected chi connectivity index (χ4v) is 4.06. The molecule has 2 unspecified atom stereocenters. The second-order valence-electron chi connectivity index (χ2n) is 7.20. The van der Waals surface area contributed by atoms with Gasteiger partial charge >= 0.3 is 0 Å². The number of piperidine rings is 1. The number of aliphatic hydroxyl groups is 1. The summed E-state index contributed by atoms with van der Waals surface area (Å²) in [5, 5.41) is 11.6. The van der Waals surface area contributed by atoms with E-state index in [2.05, 4.69) is 29.6 Å². The number of nitrogens with one attached hydrogen (secondary N) is 2. The molecule has 0 aliphatic carbocycles. The number of nitrogens with zero attached hydrogens (tertiary/aromatic N) is 1. The molecule has 5 heteroatoms. The number of benzene rings is 1. The molecule has 1 aromatic rings. The Bertz CT molecular complexity index is 504. The second-order valence-corrected chi connectivity index (χ2v) is 7.64. The third-order valence-corrected chi connectivity index (χ3v) is 5.92. The molecule has 128 valence electrons. The van der Waals surface area contributed by atoms with Crippen LogP contribution in [0.3, 0.4) is 0 Å². The molecule has 1 aromatic carbocycles. The van der Waals surface area contributed by atoms with Crippen molar-refractivity contribution in [2.75, 3.05) is 19.6 Å². The van der Waals surface area contributed by atoms with E-state index < -0.39 is 5.60 Å². The summed E-state index contributed by atoms with van der Waals surface area (Å²) in [6, 6.07) is 8.70. The normalized spacial score (nSPS) is 31.4. The lowest BCUT2D eigenvalue weighted by Crippen LogP contribution is -2.43. The van der Waals surface area contributed by atoms with Crippen LogP contribution in [0, 0.1) is 5.92 Å². The summed E-state index contributed by atoms with van der Waals surface area (Å²) < 4.78 is 0. The van der Waals surface area contributed by atoms with Crippen molar-refractivity contribution in [2.24, 2.45) is 5.92 Å². The van der Waals surface area contributed by atoms with Crippen molar-refractivity contribution in [3.63, 3.8) is 0 Å². The van der Waals surface area contributed by atoms with Crippen LogP contribution in [0.25, 0.3) is 0 Å². The molecule has 2 heterocycles. The molecule has 2 atom stereocenters. The van der Waals surface area contributed by atoms with Crippen LogP contribution in [0.15, 0.2) is 24.3 Å². The van der Waals surface area contributed by atoms with Gasteiger partial charge in [0.05, 0.1) is 5.60 Å². The third-order valence-electron chi connectivity index (χ3n) is 5.67. The van der Waals surface area contributed by atoms with E-state index in [1.54, 1.807) is 0 Å². The minimum atomic E-state index is -0.696. The zero-order valence-corrected chi connectivity index (χ0v) is 14.8. The zero-order chi connectivity index (χ0) is 16.4. The Labute approximate surface area is 144 Å². The standard InChI is InChI=1S/C18H28ClN3O/c1-13-17(14(2)21-20-13)7-10-22-11-8-18(23,9-12-22)15-3-5-16(19)6-4-15/h3-6,13-14,17,20-21,23H,7-12H2,1-2H3. The molecule has 0 amide bonds. The largest absolute Gasteiger partial charge is 0.385 e. The van der Waals surface area contributed by atoms with Crippen LogP contribution in [0.4, 0.5) is 0 Å². The van der Waals surface area contributed by atoms with Gasteiger partial charge in [-0.2, -0.15) is 0 Å². The average molecular weight is 338 g/mol. The summed E-state index contributed by atoms with van der Waals surface area (Å²) in [6.45, 7) is 7.51. The topological polar surface area (TPSA) is 47.5 Å². The van der Waals surface area contributed by atoms with Crippen LogP contribution in [0.5, 0.6) is 0 Å². The van der Waals surface area contributed by atoms with Gasteiger partial charge in [0.2, 0.25) is 0 Å². The molecule has 2 aliphatic heterocycles. The smallest absolute Gasteiger partial charge is 0.0920 e. The molecule has 0 saturated carbocycles. The van der Waals surface area contributed by atoms with E-state index in [0.29, 0.717) is 18.0 Å². The molecular weight excluding hydrogens is 310 g/mol. The maximum Gasteiger partial charge on any atom is 0.0920 e. The number of hydrogen-bond acceptors (Lipinski definition) is 4. The SMILES string of the molecule is CC1NNC(C)C1CCN1CCC(O)(c2ccc(Cl)cc2)CC1. The average Bonchev–Trinajstić information content (AvgIpc) is 2.86. The minimum absolute atomic E-state index is 0.529. The van der Waals surface area contributed by atoms with Crippen LogP contribution < -0.4 is 10.9 Å². The molecule has 23 heavy (non-hydrogen) atoms. The minimum Gasteiger partial charge on any atom is -0.385 e. The van der Waals surface area contributed by atoms with Gasteiger partial charge in [-0.1, -0.05) is 23.7 Å². The Morgan fingerprint density at radius 2 is 1.70 bits per heavy atom. The third kappa shape index (κ3) is 3.89. The van der Waals surface area contributed by atoms with Crippen LogP contribution in [-0.4, -0.2) is 41.7 Å². The molecule has 0 aromatic heterocycles. The van der Waals surface area contributed by atoms with Crippen molar-refractivity contribution in [3.8, 4) is 0 Å². The van der Waals surface area contributed by atoms with Gasteiger partial charge in [-0.3, -0.25) is 10.9 Å². The van der Waals surface area contributed by atoms with Crippen molar-refractivity contribution < 1.29 is 5.11 Å². The Balaban J connectivity index is 1.51. The van der Waals surface area contributed by atoms with Gasteiger partial charge in [0, 0.05) is 30.2 Å². The highest BCUT2D eigenvalue weighted by Crippen LogP contribution is 2.33. The molecule has 2 saturated heterocycles. The van der Waals surface area contributed by atoms with E-state index in [-0.39, 0.29) is 0 Å². The zero-order valence-electron chi connectivity index (χ0n) is 14.1. The van der Waals surface area contributed by atoms with E-state index in [0.717, 1.165) is 43.1 Å². The predicted octanol–water partition coefficient (Wildman–Crippen LogP) is 2.51. The van der Waals surface area contributed by atoms with Gasteiger partial charge in [-0.05, 0) is 63.3 Å². The monoisotopic (exact) mass is 337 g/mol. The van der Waals surface area contributed by atoms with Gasteiger partial charge in [-0.15, -0.1) is 0 Å².